The topological polar surface area (TPSA) is 72.9 Å². The minimum absolute atomic E-state index is 0.343. The predicted octanol–water partition coefficient (Wildman–Crippen LogP) is 4.42. The molecule has 1 saturated carbocycles. The molecule has 2 heterocycles. The van der Waals surface area contributed by atoms with E-state index in [2.05, 4.69) is 29.1 Å². The second kappa shape index (κ2) is 7.60. The molecule has 0 spiro atoms. The van der Waals surface area contributed by atoms with Gasteiger partial charge < -0.3 is 15.6 Å². The molecule has 2 aromatic rings. The third kappa shape index (κ3) is 4.06. The fourth-order valence-corrected chi connectivity index (χ4v) is 4.53. The number of nitrogens with zero attached hydrogens (tertiary/aromatic N) is 2. The second-order valence-corrected chi connectivity index (χ2v) is 8.20. The summed E-state index contributed by atoms with van der Waals surface area (Å²) in [6.45, 7) is 7.13. The van der Waals surface area contributed by atoms with Crippen molar-refractivity contribution in [1.29, 1.82) is 0 Å². The lowest BCUT2D eigenvalue weighted by atomic mass is 9.89. The van der Waals surface area contributed by atoms with Crippen molar-refractivity contribution in [1.82, 2.24) is 9.55 Å². The van der Waals surface area contributed by atoms with Crippen molar-refractivity contribution in [3.8, 4) is 11.4 Å². The van der Waals surface area contributed by atoms with Crippen LogP contribution in [0.4, 0.5) is 5.13 Å². The molecule has 136 valence electrons. The summed E-state index contributed by atoms with van der Waals surface area (Å²) in [4.78, 5) is 16.6. The Kier molecular flexibility index (Phi) is 5.47. The molecule has 1 aliphatic rings. The molecule has 3 N–H and O–H groups in total. The highest BCUT2D eigenvalue weighted by Gasteiger charge is 2.22. The summed E-state index contributed by atoms with van der Waals surface area (Å²) < 4.78 is 2.25. The lowest BCUT2D eigenvalue weighted by Crippen LogP contribution is -2.17. The van der Waals surface area contributed by atoms with Crippen molar-refractivity contribution >= 4 is 22.4 Å². The molecule has 0 aliphatic heterocycles. The van der Waals surface area contributed by atoms with Crippen molar-refractivity contribution in [3.63, 3.8) is 0 Å². The number of nitrogens with one attached hydrogen (secondary N) is 1. The zero-order valence-electron chi connectivity index (χ0n) is 15.3. The molecule has 0 saturated heterocycles. The van der Waals surface area contributed by atoms with Crippen LogP contribution in [0.15, 0.2) is 11.4 Å². The normalized spacial score (nSPS) is 15.7. The van der Waals surface area contributed by atoms with Gasteiger partial charge in [0.05, 0.1) is 17.0 Å². The number of hydrogen-bond donors (Lipinski definition) is 2. The smallest absolute Gasteiger partial charge is 0.250 e. The monoisotopic (exact) mass is 360 g/mol. The van der Waals surface area contributed by atoms with Gasteiger partial charge in [0.2, 0.25) is 0 Å². The standard InChI is InChI=1S/C19H28N4OS/c1-12(2)21-19-22-16(11-25-19)17-9-15(18(20)24)13(3)23(17)10-14-7-5-4-6-8-14/h9,11-12,14H,4-8,10H2,1-3H3,(H2,20,24)(H,21,22). The van der Waals surface area contributed by atoms with Crippen LogP contribution in [0.25, 0.3) is 11.4 Å². The molecule has 1 fully saturated rings. The minimum atomic E-state index is -0.364. The summed E-state index contributed by atoms with van der Waals surface area (Å²) in [5, 5.41) is 6.31. The van der Waals surface area contributed by atoms with Crippen LogP contribution in [-0.2, 0) is 6.54 Å². The maximum Gasteiger partial charge on any atom is 0.250 e. The van der Waals surface area contributed by atoms with Crippen LogP contribution in [0.1, 0.15) is 62.0 Å². The van der Waals surface area contributed by atoms with Gasteiger partial charge in [-0.25, -0.2) is 4.98 Å². The van der Waals surface area contributed by atoms with Crippen LogP contribution in [0, 0.1) is 12.8 Å². The number of thiazole rings is 1. The molecule has 0 aromatic carbocycles. The molecule has 0 bridgehead atoms. The van der Waals surface area contributed by atoms with E-state index >= 15 is 0 Å². The zero-order valence-corrected chi connectivity index (χ0v) is 16.2. The quantitative estimate of drug-likeness (QED) is 0.801. The van der Waals surface area contributed by atoms with Crippen LogP contribution in [0.5, 0.6) is 0 Å². The maximum atomic E-state index is 11.8. The SMILES string of the molecule is Cc1c(C(N)=O)cc(-c2csc(NC(C)C)n2)n1CC1CCCCC1. The third-order valence-corrected chi connectivity index (χ3v) is 5.75. The van der Waals surface area contributed by atoms with Crippen LogP contribution < -0.4 is 11.1 Å². The van der Waals surface area contributed by atoms with Gasteiger partial charge in [0.25, 0.3) is 5.91 Å². The van der Waals surface area contributed by atoms with Gasteiger partial charge in [-0.15, -0.1) is 11.3 Å². The molecular formula is C19H28N4OS. The van der Waals surface area contributed by atoms with Crippen molar-refractivity contribution in [2.24, 2.45) is 11.7 Å². The van der Waals surface area contributed by atoms with E-state index in [0.717, 1.165) is 28.8 Å². The highest BCUT2D eigenvalue weighted by molar-refractivity contribution is 7.14. The molecule has 0 atom stereocenters. The lowest BCUT2D eigenvalue weighted by Gasteiger charge is -2.24. The maximum absolute atomic E-state index is 11.8. The number of primary amides is 1. The average molecular weight is 361 g/mol. The highest BCUT2D eigenvalue weighted by atomic mass is 32.1. The second-order valence-electron chi connectivity index (χ2n) is 7.34. The van der Waals surface area contributed by atoms with E-state index in [1.807, 2.05) is 13.0 Å². The van der Waals surface area contributed by atoms with E-state index in [0.29, 0.717) is 17.5 Å². The third-order valence-electron chi connectivity index (χ3n) is 4.98. The van der Waals surface area contributed by atoms with Crippen molar-refractivity contribution in [2.75, 3.05) is 5.32 Å². The number of hydrogen-bond acceptors (Lipinski definition) is 4. The van der Waals surface area contributed by atoms with Gasteiger partial charge in [-0.2, -0.15) is 0 Å². The van der Waals surface area contributed by atoms with E-state index in [-0.39, 0.29) is 5.91 Å². The number of nitrogens with two attached hydrogens (primary N) is 1. The first-order valence-electron chi connectivity index (χ1n) is 9.18. The summed E-state index contributed by atoms with van der Waals surface area (Å²) in [6.07, 6.45) is 6.49. The Hall–Kier alpha value is -1.82. The summed E-state index contributed by atoms with van der Waals surface area (Å²) in [7, 11) is 0. The molecular weight excluding hydrogens is 332 g/mol. The zero-order chi connectivity index (χ0) is 18.0. The Morgan fingerprint density at radius 2 is 2.12 bits per heavy atom. The molecule has 25 heavy (non-hydrogen) atoms. The van der Waals surface area contributed by atoms with Gasteiger partial charge in [0.1, 0.15) is 0 Å². The van der Waals surface area contributed by atoms with Crippen LogP contribution in [0.3, 0.4) is 0 Å². The van der Waals surface area contributed by atoms with Gasteiger partial charge in [-0.3, -0.25) is 4.79 Å². The van der Waals surface area contributed by atoms with Crippen molar-refractivity contribution in [3.05, 3.63) is 22.7 Å². The molecule has 3 rings (SSSR count). The van der Waals surface area contributed by atoms with Crippen LogP contribution in [-0.4, -0.2) is 21.5 Å². The number of amides is 1. The lowest BCUT2D eigenvalue weighted by molar-refractivity contribution is 0.0999. The Balaban J connectivity index is 1.94. The molecule has 6 heteroatoms. The van der Waals surface area contributed by atoms with E-state index in [4.69, 9.17) is 10.7 Å². The first-order chi connectivity index (χ1) is 12.0. The van der Waals surface area contributed by atoms with E-state index in [9.17, 15) is 4.79 Å². The molecule has 1 aliphatic carbocycles. The van der Waals surface area contributed by atoms with Crippen LogP contribution >= 0.6 is 11.3 Å². The number of aromatic nitrogens is 2. The van der Waals surface area contributed by atoms with E-state index in [1.165, 1.54) is 32.1 Å². The Morgan fingerprint density at radius 3 is 2.76 bits per heavy atom. The number of carbonyl (C=O) groups is 1. The van der Waals surface area contributed by atoms with Gasteiger partial charge >= 0.3 is 0 Å². The average Bonchev–Trinajstić information content (AvgIpc) is 3.13. The molecule has 2 aromatic heterocycles. The first kappa shape index (κ1) is 18.0. The molecule has 1 amide bonds. The van der Waals surface area contributed by atoms with Crippen molar-refractivity contribution in [2.45, 2.75) is 65.5 Å². The largest absolute Gasteiger partial charge is 0.366 e. The summed E-state index contributed by atoms with van der Waals surface area (Å²) in [6, 6.07) is 2.25. The highest BCUT2D eigenvalue weighted by Crippen LogP contribution is 2.32. The van der Waals surface area contributed by atoms with Crippen molar-refractivity contribution < 1.29 is 4.79 Å². The fraction of sp³-hybridized carbons (Fsp3) is 0.579. The van der Waals surface area contributed by atoms with Gasteiger partial charge in [0.15, 0.2) is 5.13 Å². The first-order valence-corrected chi connectivity index (χ1v) is 10.1. The predicted molar refractivity (Wildman–Crippen MR) is 104 cm³/mol. The Bertz CT molecular complexity index is 741. The van der Waals surface area contributed by atoms with Gasteiger partial charge in [-0.1, -0.05) is 19.3 Å². The van der Waals surface area contributed by atoms with E-state index in [1.54, 1.807) is 11.3 Å². The minimum Gasteiger partial charge on any atom is -0.366 e. The fourth-order valence-electron chi connectivity index (χ4n) is 3.67. The molecule has 5 nitrogen and oxygen atoms in total. The molecule has 0 radical (unpaired) electrons. The number of carbonyl (C=O) groups excluding carboxylic acids is 1. The van der Waals surface area contributed by atoms with Gasteiger partial charge in [-0.05, 0) is 45.6 Å². The van der Waals surface area contributed by atoms with Gasteiger partial charge in [0, 0.05) is 23.7 Å². The summed E-state index contributed by atoms with van der Waals surface area (Å²) in [5.74, 6) is 0.308. The summed E-state index contributed by atoms with van der Waals surface area (Å²) in [5.41, 5.74) is 9.08. The number of rotatable bonds is 6. The Labute approximate surface area is 153 Å². The van der Waals surface area contributed by atoms with E-state index < -0.39 is 0 Å². The van der Waals surface area contributed by atoms with Crippen LogP contribution in [0.2, 0.25) is 0 Å². The summed E-state index contributed by atoms with van der Waals surface area (Å²) >= 11 is 1.60. The number of anilines is 1. The molecule has 0 unspecified atom stereocenters. The Morgan fingerprint density at radius 1 is 1.40 bits per heavy atom.